The van der Waals surface area contributed by atoms with Gasteiger partial charge in [0.05, 0.1) is 17.3 Å². The molecule has 3 aliphatic rings. The molecule has 39 heavy (non-hydrogen) atoms. The molecule has 0 aliphatic carbocycles. The van der Waals surface area contributed by atoms with Crippen LogP contribution in [0.5, 0.6) is 6.01 Å². The van der Waals surface area contributed by atoms with Gasteiger partial charge in [0.25, 0.3) is 0 Å². The van der Waals surface area contributed by atoms with E-state index in [2.05, 4.69) is 52.6 Å². The molecule has 7 nitrogen and oxygen atoms in total. The Labute approximate surface area is 235 Å². The number of halogens is 1. The molecule has 204 valence electrons. The van der Waals surface area contributed by atoms with Crippen molar-refractivity contribution >= 4 is 39.7 Å². The molecule has 1 unspecified atom stereocenters. The predicted molar refractivity (Wildman–Crippen MR) is 157 cm³/mol. The zero-order valence-electron chi connectivity index (χ0n) is 22.6. The standard InChI is InChI=1S/C31H36ClN5O2/c1-3-24(38)17-21-12-15-37(18-21)30-25-13-16-36(28-11-5-8-22-7-4-10-26(32)29(22)28)19-27(25)33-31(34-30)39-20-23-9-6-14-35(23)2/h3-5,7-8,10-11,21,23H,1,6,9,12-20H2,2H3/t21?,23-/m0/s1. The van der Waals surface area contributed by atoms with Crippen molar-refractivity contribution in [2.24, 2.45) is 5.92 Å². The largest absolute Gasteiger partial charge is 0.462 e. The number of ketones is 1. The second-order valence-corrected chi connectivity index (χ2v) is 11.5. The van der Waals surface area contributed by atoms with Crippen molar-refractivity contribution in [3.63, 3.8) is 0 Å². The van der Waals surface area contributed by atoms with Gasteiger partial charge in [-0.3, -0.25) is 4.79 Å². The minimum atomic E-state index is 0.112. The molecule has 3 aromatic rings. The number of likely N-dealkylation sites (tertiary alicyclic amines) is 1. The molecular formula is C31H36ClN5O2. The van der Waals surface area contributed by atoms with Gasteiger partial charge < -0.3 is 19.4 Å². The van der Waals surface area contributed by atoms with Crippen LogP contribution in [0.2, 0.25) is 5.02 Å². The molecule has 2 saturated heterocycles. The van der Waals surface area contributed by atoms with E-state index in [0.29, 0.717) is 37.5 Å². The second kappa shape index (κ2) is 11.1. The number of nitrogens with zero attached hydrogens (tertiary/aromatic N) is 5. The Morgan fingerprint density at radius 1 is 1.13 bits per heavy atom. The minimum absolute atomic E-state index is 0.112. The fraction of sp³-hybridized carbons (Fsp3) is 0.452. The smallest absolute Gasteiger partial charge is 0.318 e. The van der Waals surface area contributed by atoms with Gasteiger partial charge in [0.1, 0.15) is 12.4 Å². The van der Waals surface area contributed by atoms with Crippen LogP contribution in [0, 0.1) is 5.92 Å². The highest BCUT2D eigenvalue weighted by atomic mass is 35.5. The van der Waals surface area contributed by atoms with Gasteiger partial charge in [0.15, 0.2) is 5.78 Å². The van der Waals surface area contributed by atoms with Crippen LogP contribution in [0.1, 0.15) is 36.9 Å². The van der Waals surface area contributed by atoms with E-state index in [1.807, 2.05) is 12.1 Å². The van der Waals surface area contributed by atoms with Gasteiger partial charge in [-0.25, -0.2) is 0 Å². The molecule has 3 aliphatic heterocycles. The summed E-state index contributed by atoms with van der Waals surface area (Å²) in [4.78, 5) is 29.0. The highest BCUT2D eigenvalue weighted by molar-refractivity contribution is 6.36. The Bertz CT molecular complexity index is 1390. The Hall–Kier alpha value is -3.16. The first kappa shape index (κ1) is 26.1. The van der Waals surface area contributed by atoms with E-state index < -0.39 is 0 Å². The molecule has 4 heterocycles. The van der Waals surface area contributed by atoms with Gasteiger partial charge in [-0.05, 0) is 68.8 Å². The molecule has 2 atom stereocenters. The minimum Gasteiger partial charge on any atom is -0.462 e. The van der Waals surface area contributed by atoms with Crippen LogP contribution < -0.4 is 14.5 Å². The zero-order valence-corrected chi connectivity index (χ0v) is 23.4. The predicted octanol–water partition coefficient (Wildman–Crippen LogP) is 5.29. The Morgan fingerprint density at radius 3 is 2.77 bits per heavy atom. The number of allylic oxidation sites excluding steroid dienone is 1. The molecule has 0 saturated carbocycles. The number of aromatic nitrogens is 2. The van der Waals surface area contributed by atoms with E-state index in [1.54, 1.807) is 0 Å². The van der Waals surface area contributed by atoms with Crippen molar-refractivity contribution in [1.29, 1.82) is 0 Å². The molecule has 6 rings (SSSR count). The number of benzene rings is 2. The van der Waals surface area contributed by atoms with Crippen LogP contribution >= 0.6 is 11.6 Å². The maximum Gasteiger partial charge on any atom is 0.318 e. The first-order valence-corrected chi connectivity index (χ1v) is 14.4. The normalized spacial score (nSPS) is 21.4. The summed E-state index contributed by atoms with van der Waals surface area (Å²) < 4.78 is 6.27. The SMILES string of the molecule is C=CC(=O)CC1CCN(c2nc(OC[C@@H]3CCCN3C)nc3c2CCN(c2cccc4cccc(Cl)c24)C3)C1. The van der Waals surface area contributed by atoms with Crippen molar-refractivity contribution in [2.75, 3.05) is 49.6 Å². The average molecular weight is 546 g/mol. The first-order valence-electron chi connectivity index (χ1n) is 14.1. The van der Waals surface area contributed by atoms with Gasteiger partial charge >= 0.3 is 6.01 Å². The molecule has 0 spiro atoms. The molecule has 2 fully saturated rings. The van der Waals surface area contributed by atoms with Gasteiger partial charge in [0.2, 0.25) is 0 Å². The summed E-state index contributed by atoms with van der Waals surface area (Å²) in [7, 11) is 2.16. The number of carbonyl (C=O) groups is 1. The molecular weight excluding hydrogens is 510 g/mol. The monoisotopic (exact) mass is 545 g/mol. The summed E-state index contributed by atoms with van der Waals surface area (Å²) in [6, 6.07) is 13.3. The number of hydrogen-bond acceptors (Lipinski definition) is 7. The lowest BCUT2D eigenvalue weighted by Crippen LogP contribution is -2.34. The lowest BCUT2D eigenvalue weighted by atomic mass is 10.0. The molecule has 2 aromatic carbocycles. The maximum atomic E-state index is 12.0. The lowest BCUT2D eigenvalue weighted by molar-refractivity contribution is -0.115. The summed E-state index contributed by atoms with van der Waals surface area (Å²) >= 11 is 6.68. The highest BCUT2D eigenvalue weighted by Crippen LogP contribution is 2.38. The number of anilines is 2. The van der Waals surface area contributed by atoms with E-state index in [9.17, 15) is 4.79 Å². The second-order valence-electron chi connectivity index (χ2n) is 11.1. The number of carbonyl (C=O) groups excluding carboxylic acids is 1. The van der Waals surface area contributed by atoms with Crippen LogP contribution in [0.15, 0.2) is 49.1 Å². The van der Waals surface area contributed by atoms with E-state index >= 15 is 0 Å². The van der Waals surface area contributed by atoms with Crippen molar-refractivity contribution < 1.29 is 9.53 Å². The lowest BCUT2D eigenvalue weighted by Gasteiger charge is -2.33. The zero-order chi connectivity index (χ0) is 26.9. The van der Waals surface area contributed by atoms with Gasteiger partial charge in [-0.2, -0.15) is 9.97 Å². The van der Waals surface area contributed by atoms with E-state index in [1.165, 1.54) is 18.1 Å². The van der Waals surface area contributed by atoms with E-state index in [-0.39, 0.29) is 5.78 Å². The fourth-order valence-corrected chi connectivity index (χ4v) is 6.66. The maximum absolute atomic E-state index is 12.0. The molecule has 8 heteroatoms. The van der Waals surface area contributed by atoms with E-state index in [0.717, 1.165) is 78.4 Å². The van der Waals surface area contributed by atoms with Gasteiger partial charge in [0, 0.05) is 48.7 Å². The van der Waals surface area contributed by atoms with Crippen LogP contribution in [0.3, 0.4) is 0 Å². The summed E-state index contributed by atoms with van der Waals surface area (Å²) in [5.41, 5.74) is 3.33. The fourth-order valence-electron chi connectivity index (χ4n) is 6.38. The van der Waals surface area contributed by atoms with Crippen LogP contribution in [0.25, 0.3) is 10.8 Å². The quantitative estimate of drug-likeness (QED) is 0.356. The number of fused-ring (bicyclic) bond motifs is 2. The Morgan fingerprint density at radius 2 is 1.97 bits per heavy atom. The van der Waals surface area contributed by atoms with Crippen LogP contribution in [-0.4, -0.2) is 66.5 Å². The molecule has 1 aromatic heterocycles. The number of hydrogen-bond donors (Lipinski definition) is 0. The van der Waals surface area contributed by atoms with Gasteiger partial charge in [-0.1, -0.05) is 42.4 Å². The first-order chi connectivity index (χ1) is 19.0. The van der Waals surface area contributed by atoms with Crippen molar-refractivity contribution in [3.05, 3.63) is 65.3 Å². The van der Waals surface area contributed by atoms with Crippen molar-refractivity contribution in [2.45, 2.75) is 44.7 Å². The van der Waals surface area contributed by atoms with Gasteiger partial charge in [-0.15, -0.1) is 0 Å². The van der Waals surface area contributed by atoms with Crippen molar-refractivity contribution in [3.8, 4) is 6.01 Å². The molecule has 0 amide bonds. The van der Waals surface area contributed by atoms with Crippen LogP contribution in [0.4, 0.5) is 11.5 Å². The van der Waals surface area contributed by atoms with E-state index in [4.69, 9.17) is 26.3 Å². The average Bonchev–Trinajstić information content (AvgIpc) is 3.59. The van der Waals surface area contributed by atoms with Crippen molar-refractivity contribution in [1.82, 2.24) is 14.9 Å². The molecule has 0 radical (unpaired) electrons. The summed E-state index contributed by atoms with van der Waals surface area (Å²) in [5.74, 6) is 1.40. The highest BCUT2D eigenvalue weighted by Gasteiger charge is 2.31. The number of ether oxygens (including phenoxy) is 1. The van der Waals surface area contributed by atoms with Crippen LogP contribution in [-0.2, 0) is 17.8 Å². The Balaban J connectivity index is 1.31. The third kappa shape index (κ3) is 5.35. The molecule has 0 bridgehead atoms. The third-order valence-corrected chi connectivity index (χ3v) is 8.89. The Kier molecular flexibility index (Phi) is 7.45. The summed E-state index contributed by atoms with van der Waals surface area (Å²) in [6.07, 6.45) is 6.12. The number of rotatable bonds is 8. The number of likely N-dealkylation sites (N-methyl/N-ethyl adjacent to an activating group) is 1. The topological polar surface area (TPSA) is 61.8 Å². The molecule has 0 N–H and O–H groups in total. The summed E-state index contributed by atoms with van der Waals surface area (Å²) in [5, 5.41) is 2.98. The third-order valence-electron chi connectivity index (χ3n) is 8.57. The summed E-state index contributed by atoms with van der Waals surface area (Å²) in [6.45, 7) is 8.56.